The van der Waals surface area contributed by atoms with Crippen LogP contribution in [0.25, 0.3) is 0 Å². The van der Waals surface area contributed by atoms with Crippen molar-refractivity contribution in [2.24, 2.45) is 17.3 Å². The molecule has 2 rings (SSSR count). The number of hydrogen-bond acceptors (Lipinski definition) is 3. The molecule has 2 fully saturated rings. The Morgan fingerprint density at radius 1 is 1.47 bits per heavy atom. The smallest absolute Gasteiger partial charge is 0.308 e. The first-order valence-corrected chi connectivity index (χ1v) is 6.56. The molecule has 0 radical (unpaired) electrons. The van der Waals surface area contributed by atoms with Crippen LogP contribution in [0.3, 0.4) is 0 Å². The standard InChI is InChI=1S/C13H23NO3/c1-10(2)7-14-8-11(12(15)16)13(9-14)3-5-17-6-4-13/h10-11H,3-9H2,1-2H3,(H,15,16)/t11-/m1/s1. The lowest BCUT2D eigenvalue weighted by Gasteiger charge is -2.36. The van der Waals surface area contributed by atoms with Gasteiger partial charge in [-0.3, -0.25) is 4.79 Å². The molecule has 0 amide bonds. The zero-order valence-corrected chi connectivity index (χ0v) is 10.8. The van der Waals surface area contributed by atoms with Gasteiger partial charge in [0.15, 0.2) is 0 Å². The van der Waals surface area contributed by atoms with Crippen molar-refractivity contribution in [3.8, 4) is 0 Å². The van der Waals surface area contributed by atoms with Gasteiger partial charge in [-0.25, -0.2) is 0 Å². The lowest BCUT2D eigenvalue weighted by Crippen LogP contribution is -2.40. The number of hydrogen-bond donors (Lipinski definition) is 1. The van der Waals surface area contributed by atoms with Gasteiger partial charge in [-0.15, -0.1) is 0 Å². The quantitative estimate of drug-likeness (QED) is 0.812. The van der Waals surface area contributed by atoms with Gasteiger partial charge in [0.2, 0.25) is 0 Å². The number of ether oxygens (including phenoxy) is 1. The van der Waals surface area contributed by atoms with Gasteiger partial charge in [0.05, 0.1) is 5.92 Å². The van der Waals surface area contributed by atoms with Crippen molar-refractivity contribution in [1.82, 2.24) is 4.90 Å². The predicted molar refractivity (Wildman–Crippen MR) is 64.9 cm³/mol. The Bertz CT molecular complexity index is 284. The van der Waals surface area contributed by atoms with Gasteiger partial charge in [0, 0.05) is 38.3 Å². The van der Waals surface area contributed by atoms with Crippen LogP contribution in [-0.4, -0.2) is 48.8 Å². The molecular weight excluding hydrogens is 218 g/mol. The van der Waals surface area contributed by atoms with Gasteiger partial charge >= 0.3 is 5.97 Å². The van der Waals surface area contributed by atoms with E-state index >= 15 is 0 Å². The molecule has 2 saturated heterocycles. The number of carboxylic acids is 1. The molecule has 17 heavy (non-hydrogen) atoms. The molecule has 98 valence electrons. The molecule has 2 heterocycles. The highest BCUT2D eigenvalue weighted by Gasteiger charge is 2.50. The minimum absolute atomic E-state index is 0.0288. The first-order chi connectivity index (χ1) is 8.03. The van der Waals surface area contributed by atoms with Crippen LogP contribution < -0.4 is 0 Å². The van der Waals surface area contributed by atoms with E-state index in [1.54, 1.807) is 0 Å². The van der Waals surface area contributed by atoms with E-state index in [1.165, 1.54) is 0 Å². The fourth-order valence-electron chi connectivity index (χ4n) is 3.35. The Labute approximate surface area is 103 Å². The zero-order chi connectivity index (χ0) is 12.5. The average molecular weight is 241 g/mol. The van der Waals surface area contributed by atoms with Crippen LogP contribution in [-0.2, 0) is 9.53 Å². The van der Waals surface area contributed by atoms with E-state index < -0.39 is 5.97 Å². The number of nitrogens with zero attached hydrogens (tertiary/aromatic N) is 1. The molecule has 2 aliphatic rings. The third-order valence-corrected chi connectivity index (χ3v) is 4.13. The number of aliphatic carboxylic acids is 1. The maximum atomic E-state index is 11.4. The summed E-state index contributed by atoms with van der Waals surface area (Å²) in [7, 11) is 0. The summed E-state index contributed by atoms with van der Waals surface area (Å²) in [5.74, 6) is -0.234. The van der Waals surface area contributed by atoms with Crippen molar-refractivity contribution in [1.29, 1.82) is 0 Å². The summed E-state index contributed by atoms with van der Waals surface area (Å²) in [5, 5.41) is 9.42. The average Bonchev–Trinajstić information content (AvgIpc) is 2.57. The van der Waals surface area contributed by atoms with E-state index in [0.29, 0.717) is 12.5 Å². The molecule has 0 aromatic heterocycles. The van der Waals surface area contributed by atoms with Gasteiger partial charge in [0.25, 0.3) is 0 Å². The molecule has 1 N–H and O–H groups in total. The predicted octanol–water partition coefficient (Wildman–Crippen LogP) is 1.46. The van der Waals surface area contributed by atoms with Crippen molar-refractivity contribution in [3.05, 3.63) is 0 Å². The van der Waals surface area contributed by atoms with Crippen molar-refractivity contribution in [2.45, 2.75) is 26.7 Å². The van der Waals surface area contributed by atoms with Crippen molar-refractivity contribution in [2.75, 3.05) is 32.8 Å². The molecule has 1 spiro atoms. The minimum Gasteiger partial charge on any atom is -0.481 e. The second-order valence-corrected chi connectivity index (χ2v) is 5.95. The Morgan fingerprint density at radius 2 is 2.12 bits per heavy atom. The highest BCUT2D eigenvalue weighted by atomic mass is 16.5. The van der Waals surface area contributed by atoms with Crippen LogP contribution in [0.15, 0.2) is 0 Å². The van der Waals surface area contributed by atoms with Crippen molar-refractivity contribution >= 4 is 5.97 Å². The highest BCUT2D eigenvalue weighted by molar-refractivity contribution is 5.72. The summed E-state index contributed by atoms with van der Waals surface area (Å²) in [5.41, 5.74) is -0.0288. The fraction of sp³-hybridized carbons (Fsp3) is 0.923. The molecular formula is C13H23NO3. The topological polar surface area (TPSA) is 49.8 Å². The van der Waals surface area contributed by atoms with Crippen molar-refractivity contribution in [3.63, 3.8) is 0 Å². The third-order valence-electron chi connectivity index (χ3n) is 4.13. The second kappa shape index (κ2) is 4.94. The van der Waals surface area contributed by atoms with Gasteiger partial charge < -0.3 is 14.7 Å². The third kappa shape index (κ3) is 2.63. The van der Waals surface area contributed by atoms with Crippen LogP contribution in [0.5, 0.6) is 0 Å². The maximum Gasteiger partial charge on any atom is 0.308 e. The van der Waals surface area contributed by atoms with Gasteiger partial charge in [-0.05, 0) is 18.8 Å². The monoisotopic (exact) mass is 241 g/mol. The van der Waals surface area contributed by atoms with Gasteiger partial charge in [-0.2, -0.15) is 0 Å². The fourth-order valence-corrected chi connectivity index (χ4v) is 3.35. The van der Waals surface area contributed by atoms with Crippen LogP contribution in [0.2, 0.25) is 0 Å². The Hall–Kier alpha value is -0.610. The Kier molecular flexibility index (Phi) is 3.73. The van der Waals surface area contributed by atoms with E-state index in [9.17, 15) is 9.90 Å². The molecule has 0 saturated carbocycles. The first kappa shape index (κ1) is 12.8. The number of likely N-dealkylation sites (tertiary alicyclic amines) is 1. The molecule has 4 heteroatoms. The number of carbonyl (C=O) groups is 1. The van der Waals surface area contributed by atoms with Crippen LogP contribution in [0.1, 0.15) is 26.7 Å². The highest BCUT2D eigenvalue weighted by Crippen LogP contribution is 2.44. The van der Waals surface area contributed by atoms with Crippen LogP contribution in [0, 0.1) is 17.3 Å². The van der Waals surface area contributed by atoms with E-state index in [0.717, 1.165) is 39.1 Å². The van der Waals surface area contributed by atoms with Gasteiger partial charge in [0.1, 0.15) is 0 Å². The van der Waals surface area contributed by atoms with E-state index in [1.807, 2.05) is 0 Å². The molecule has 0 aromatic rings. The lowest BCUT2D eigenvalue weighted by atomic mass is 9.72. The van der Waals surface area contributed by atoms with E-state index in [2.05, 4.69) is 18.7 Å². The molecule has 2 aliphatic heterocycles. The van der Waals surface area contributed by atoms with Crippen LogP contribution in [0.4, 0.5) is 0 Å². The summed E-state index contributed by atoms with van der Waals surface area (Å²) in [6, 6.07) is 0. The molecule has 1 atom stereocenters. The summed E-state index contributed by atoms with van der Waals surface area (Å²) >= 11 is 0. The minimum atomic E-state index is -0.627. The maximum absolute atomic E-state index is 11.4. The number of rotatable bonds is 3. The molecule has 4 nitrogen and oxygen atoms in total. The molecule has 0 aromatic carbocycles. The summed E-state index contributed by atoms with van der Waals surface area (Å²) in [4.78, 5) is 13.8. The largest absolute Gasteiger partial charge is 0.481 e. The lowest BCUT2D eigenvalue weighted by molar-refractivity contribution is -0.146. The summed E-state index contributed by atoms with van der Waals surface area (Å²) in [6.07, 6.45) is 1.80. The zero-order valence-electron chi connectivity index (χ0n) is 10.8. The van der Waals surface area contributed by atoms with E-state index in [4.69, 9.17) is 4.74 Å². The number of carboxylic acid groups (broad SMARTS) is 1. The molecule has 0 bridgehead atoms. The normalized spacial score (nSPS) is 29.0. The molecule has 0 unspecified atom stereocenters. The molecule has 0 aliphatic carbocycles. The first-order valence-electron chi connectivity index (χ1n) is 6.56. The van der Waals surface area contributed by atoms with Gasteiger partial charge in [-0.1, -0.05) is 13.8 Å². The Balaban J connectivity index is 2.09. The van der Waals surface area contributed by atoms with Crippen LogP contribution >= 0.6 is 0 Å². The second-order valence-electron chi connectivity index (χ2n) is 5.95. The Morgan fingerprint density at radius 3 is 2.65 bits per heavy atom. The summed E-state index contributed by atoms with van der Waals surface area (Å²) in [6.45, 7) is 8.47. The van der Waals surface area contributed by atoms with E-state index in [-0.39, 0.29) is 11.3 Å². The SMILES string of the molecule is CC(C)CN1C[C@H](C(=O)O)C2(CCOCC2)C1. The summed E-state index contributed by atoms with van der Waals surface area (Å²) < 4.78 is 5.39. The van der Waals surface area contributed by atoms with Crippen molar-refractivity contribution < 1.29 is 14.6 Å².